The van der Waals surface area contributed by atoms with Gasteiger partial charge in [0.15, 0.2) is 0 Å². The molecule has 0 radical (unpaired) electrons. The first-order valence-electron chi connectivity index (χ1n) is 10.1. The first kappa shape index (κ1) is 20.9. The Hall–Kier alpha value is -3.38. The van der Waals surface area contributed by atoms with Crippen LogP contribution in [0.25, 0.3) is 22.0 Å². The fourth-order valence-electron chi connectivity index (χ4n) is 3.73. The number of thiophene rings is 1. The van der Waals surface area contributed by atoms with Crippen LogP contribution in [0.5, 0.6) is 0 Å². The summed E-state index contributed by atoms with van der Waals surface area (Å²) in [5.41, 5.74) is 5.42. The number of amides is 1. The zero-order chi connectivity index (χ0) is 22.0. The largest absolute Gasteiger partial charge is 0.465 e. The van der Waals surface area contributed by atoms with Gasteiger partial charge in [0.25, 0.3) is 0 Å². The Bertz CT molecular complexity index is 1270. The molecule has 0 aliphatic heterocycles. The smallest absolute Gasteiger partial charge is 0.341 e. The molecular formula is C25H24N2O3S. The van der Waals surface area contributed by atoms with Crippen molar-refractivity contribution in [3.05, 3.63) is 76.8 Å². The predicted octanol–water partition coefficient (Wildman–Crippen LogP) is 5.80. The van der Waals surface area contributed by atoms with E-state index in [-0.39, 0.29) is 5.91 Å². The molecule has 0 fully saturated rings. The number of nitrogens with zero attached hydrogens (tertiary/aromatic N) is 1. The van der Waals surface area contributed by atoms with E-state index >= 15 is 0 Å². The summed E-state index contributed by atoms with van der Waals surface area (Å²) in [6.45, 7) is 4.58. The molecule has 2 heterocycles. The number of aromatic nitrogens is 1. The van der Waals surface area contributed by atoms with E-state index in [2.05, 4.69) is 16.0 Å². The third kappa shape index (κ3) is 4.25. The number of aryl methyl sites for hydroxylation is 3. The molecule has 2 aromatic carbocycles. The van der Waals surface area contributed by atoms with Crippen LogP contribution in [-0.4, -0.2) is 23.6 Å². The van der Waals surface area contributed by atoms with Crippen LogP contribution in [0.2, 0.25) is 0 Å². The molecule has 158 valence electrons. The van der Waals surface area contributed by atoms with Crippen molar-refractivity contribution >= 4 is 39.1 Å². The third-order valence-corrected chi connectivity index (χ3v) is 6.27. The molecule has 0 bridgehead atoms. The lowest BCUT2D eigenvalue weighted by Crippen LogP contribution is -2.16. The predicted molar refractivity (Wildman–Crippen MR) is 126 cm³/mol. The number of benzene rings is 2. The second-order valence-electron chi connectivity index (χ2n) is 7.53. The van der Waals surface area contributed by atoms with Crippen LogP contribution in [-0.2, 0) is 16.1 Å². The second-order valence-corrected chi connectivity index (χ2v) is 8.41. The average Bonchev–Trinajstić information content (AvgIpc) is 3.37. The first-order valence-corrected chi connectivity index (χ1v) is 11.0. The quantitative estimate of drug-likeness (QED) is 0.392. The number of hydrogen-bond acceptors (Lipinski definition) is 4. The SMILES string of the molecule is COC(=O)c1c(-c2cc(C)ccc2C)csc1NC(=O)CCn1ccc2ccccc21. The molecule has 0 spiro atoms. The van der Waals surface area contributed by atoms with Crippen LogP contribution in [0.4, 0.5) is 5.00 Å². The number of nitrogens with one attached hydrogen (secondary N) is 1. The fourth-order valence-corrected chi connectivity index (χ4v) is 4.69. The maximum absolute atomic E-state index is 12.7. The highest BCUT2D eigenvalue weighted by molar-refractivity contribution is 7.15. The van der Waals surface area contributed by atoms with E-state index in [0.717, 1.165) is 33.2 Å². The Morgan fingerprint density at radius 3 is 2.68 bits per heavy atom. The minimum Gasteiger partial charge on any atom is -0.465 e. The van der Waals surface area contributed by atoms with Crippen molar-refractivity contribution in [2.75, 3.05) is 12.4 Å². The Labute approximate surface area is 185 Å². The zero-order valence-electron chi connectivity index (χ0n) is 17.8. The lowest BCUT2D eigenvalue weighted by atomic mass is 9.97. The van der Waals surface area contributed by atoms with Gasteiger partial charge in [0.1, 0.15) is 10.6 Å². The number of rotatable bonds is 6. The summed E-state index contributed by atoms with van der Waals surface area (Å²) >= 11 is 1.34. The van der Waals surface area contributed by atoms with Gasteiger partial charge < -0.3 is 14.6 Å². The lowest BCUT2D eigenvalue weighted by molar-refractivity contribution is -0.116. The van der Waals surface area contributed by atoms with Gasteiger partial charge in [0, 0.05) is 35.6 Å². The van der Waals surface area contributed by atoms with Gasteiger partial charge in [-0.05, 0) is 42.5 Å². The summed E-state index contributed by atoms with van der Waals surface area (Å²) in [7, 11) is 1.36. The minimum absolute atomic E-state index is 0.141. The van der Waals surface area contributed by atoms with Crippen molar-refractivity contribution in [3.63, 3.8) is 0 Å². The van der Waals surface area contributed by atoms with Crippen LogP contribution in [0.3, 0.4) is 0 Å². The average molecular weight is 433 g/mol. The molecule has 0 saturated heterocycles. The summed E-state index contributed by atoms with van der Waals surface area (Å²) in [5, 5.41) is 6.50. The van der Waals surface area contributed by atoms with Crippen molar-refractivity contribution in [3.8, 4) is 11.1 Å². The van der Waals surface area contributed by atoms with Gasteiger partial charge in [-0.1, -0.05) is 42.0 Å². The third-order valence-electron chi connectivity index (χ3n) is 5.38. The summed E-state index contributed by atoms with van der Waals surface area (Å²) in [5.74, 6) is -0.596. The summed E-state index contributed by atoms with van der Waals surface area (Å²) < 4.78 is 7.09. The highest BCUT2D eigenvalue weighted by Crippen LogP contribution is 2.38. The van der Waals surface area contributed by atoms with E-state index in [1.165, 1.54) is 18.4 Å². The molecule has 4 rings (SSSR count). The number of anilines is 1. The van der Waals surface area contributed by atoms with Crippen molar-refractivity contribution < 1.29 is 14.3 Å². The number of ether oxygens (including phenoxy) is 1. The topological polar surface area (TPSA) is 60.3 Å². The Morgan fingerprint density at radius 2 is 1.87 bits per heavy atom. The van der Waals surface area contributed by atoms with E-state index in [0.29, 0.717) is 23.5 Å². The Balaban J connectivity index is 1.56. The number of methoxy groups -OCH3 is 1. The van der Waals surface area contributed by atoms with Crippen molar-refractivity contribution in [1.29, 1.82) is 0 Å². The molecule has 6 heteroatoms. The molecule has 0 aliphatic carbocycles. The first-order chi connectivity index (χ1) is 15.0. The van der Waals surface area contributed by atoms with Crippen LogP contribution in [0, 0.1) is 13.8 Å². The summed E-state index contributed by atoms with van der Waals surface area (Å²) in [4.78, 5) is 25.3. The van der Waals surface area contributed by atoms with E-state index in [1.54, 1.807) is 0 Å². The minimum atomic E-state index is -0.455. The molecule has 5 nitrogen and oxygen atoms in total. The van der Waals surface area contributed by atoms with Gasteiger partial charge in [-0.25, -0.2) is 4.79 Å². The maximum atomic E-state index is 12.7. The molecule has 2 aromatic heterocycles. The number of esters is 1. The lowest BCUT2D eigenvalue weighted by Gasteiger charge is -2.10. The van der Waals surface area contributed by atoms with Gasteiger partial charge in [-0.3, -0.25) is 4.79 Å². The van der Waals surface area contributed by atoms with Crippen molar-refractivity contribution in [1.82, 2.24) is 4.57 Å². The molecule has 0 aliphatic rings. The number of carbonyl (C=O) groups excluding carboxylic acids is 2. The molecule has 0 atom stereocenters. The van der Waals surface area contributed by atoms with Crippen LogP contribution < -0.4 is 5.32 Å². The normalized spacial score (nSPS) is 10.9. The Morgan fingerprint density at radius 1 is 1.06 bits per heavy atom. The maximum Gasteiger partial charge on any atom is 0.341 e. The van der Waals surface area contributed by atoms with Gasteiger partial charge in [0.05, 0.1) is 7.11 Å². The molecule has 31 heavy (non-hydrogen) atoms. The molecular weight excluding hydrogens is 408 g/mol. The molecule has 0 saturated carbocycles. The molecule has 1 amide bonds. The van der Waals surface area contributed by atoms with Crippen LogP contribution >= 0.6 is 11.3 Å². The second kappa shape index (κ2) is 8.78. The van der Waals surface area contributed by atoms with E-state index in [1.807, 2.05) is 67.9 Å². The summed E-state index contributed by atoms with van der Waals surface area (Å²) in [6.07, 6.45) is 2.29. The van der Waals surface area contributed by atoms with Gasteiger partial charge in [-0.2, -0.15) is 0 Å². The molecule has 0 unspecified atom stereocenters. The molecule has 1 N–H and O–H groups in total. The van der Waals surface area contributed by atoms with E-state index in [4.69, 9.17) is 4.74 Å². The molecule has 4 aromatic rings. The highest BCUT2D eigenvalue weighted by atomic mass is 32.1. The number of fused-ring (bicyclic) bond motifs is 1. The highest BCUT2D eigenvalue weighted by Gasteiger charge is 2.23. The number of carbonyl (C=O) groups is 2. The van der Waals surface area contributed by atoms with Crippen LogP contribution in [0.15, 0.2) is 60.1 Å². The van der Waals surface area contributed by atoms with Gasteiger partial charge in [0.2, 0.25) is 5.91 Å². The van der Waals surface area contributed by atoms with E-state index < -0.39 is 5.97 Å². The van der Waals surface area contributed by atoms with Gasteiger partial charge >= 0.3 is 5.97 Å². The fraction of sp³-hybridized carbons (Fsp3) is 0.200. The number of hydrogen-bond donors (Lipinski definition) is 1. The summed E-state index contributed by atoms with van der Waals surface area (Å²) in [6, 6.07) is 16.2. The number of para-hydroxylation sites is 1. The van der Waals surface area contributed by atoms with Crippen molar-refractivity contribution in [2.45, 2.75) is 26.8 Å². The monoisotopic (exact) mass is 432 g/mol. The van der Waals surface area contributed by atoms with Crippen LogP contribution in [0.1, 0.15) is 27.9 Å². The van der Waals surface area contributed by atoms with E-state index in [9.17, 15) is 9.59 Å². The Kier molecular flexibility index (Phi) is 5.91. The zero-order valence-corrected chi connectivity index (χ0v) is 18.6. The standard InChI is InChI=1S/C25H24N2O3S/c1-16-8-9-17(2)19(14-16)20-15-31-24(23(20)25(29)30-3)26-22(28)11-13-27-12-10-18-6-4-5-7-21(18)27/h4-10,12,14-15H,11,13H2,1-3H3,(H,26,28). The van der Waals surface area contributed by atoms with Crippen molar-refractivity contribution in [2.24, 2.45) is 0 Å². The van der Waals surface area contributed by atoms with Gasteiger partial charge in [-0.15, -0.1) is 11.3 Å².